The van der Waals surface area contributed by atoms with E-state index in [0.717, 1.165) is 0 Å². The number of halogens is 3. The number of alkyl halides is 3. The van der Waals surface area contributed by atoms with Gasteiger partial charge in [0.15, 0.2) is 0 Å². The number of nitrogens with zero attached hydrogens (tertiary/aromatic N) is 2. The van der Waals surface area contributed by atoms with Gasteiger partial charge in [0.05, 0.1) is 12.8 Å². The Kier molecular flexibility index (Phi) is 4.53. The fraction of sp³-hybridized carbons (Fsp3) is 0.364. The average molecular weight is 340 g/mol. The fourth-order valence-corrected chi connectivity index (χ4v) is 2.84. The maximum atomic E-state index is 13.4. The lowest BCUT2D eigenvalue weighted by Gasteiger charge is -2.29. The second-order valence-corrected chi connectivity index (χ2v) is 6.78. The predicted molar refractivity (Wildman–Crippen MR) is 78.4 cm³/mol. The number of carbonyl (C=O) groups excluding carboxylic acids is 1. The molecule has 1 fully saturated rings. The van der Waals surface area contributed by atoms with Gasteiger partial charge in [0.25, 0.3) is 0 Å². The molecule has 1 N–H and O–H groups in total. The zero-order valence-electron chi connectivity index (χ0n) is 10.6. The number of anilines is 1. The highest BCUT2D eigenvalue weighted by atomic mass is 35.5. The first-order valence-corrected chi connectivity index (χ1v) is 7.14. The molecule has 0 bridgehead atoms. The second-order valence-electron chi connectivity index (χ2n) is 3.97. The van der Waals surface area contributed by atoms with Crippen molar-refractivity contribution >= 4 is 46.9 Å². The van der Waals surface area contributed by atoms with Crippen molar-refractivity contribution < 1.29 is 13.9 Å². The summed E-state index contributed by atoms with van der Waals surface area (Å²) < 4.78 is 17.3. The molecular weight excluding hydrogens is 328 g/mol. The topological polar surface area (TPSA) is 44.8 Å². The molecule has 20 heavy (non-hydrogen) atoms. The Hall–Kier alpha value is -0.890. The van der Waals surface area contributed by atoms with Crippen LogP contribution in [0.15, 0.2) is 24.3 Å². The Balaban J connectivity index is 2.27. The van der Waals surface area contributed by atoms with Gasteiger partial charge in [-0.3, -0.25) is 0 Å². The molecule has 1 saturated heterocycles. The SMILES string of the molecule is COc1ccc(N2C(=O)NC(C)N2SC(F)(Cl)Cl)cc1. The van der Waals surface area contributed by atoms with Gasteiger partial charge >= 0.3 is 9.95 Å². The molecule has 1 atom stereocenters. The van der Waals surface area contributed by atoms with Crippen molar-refractivity contribution in [1.29, 1.82) is 0 Å². The van der Waals surface area contributed by atoms with E-state index in [1.54, 1.807) is 38.3 Å². The lowest BCUT2D eigenvalue weighted by atomic mass is 10.3. The number of carbonyl (C=O) groups is 1. The summed E-state index contributed by atoms with van der Waals surface area (Å²) in [6, 6.07) is 6.34. The van der Waals surface area contributed by atoms with E-state index in [2.05, 4.69) is 5.32 Å². The first-order chi connectivity index (χ1) is 9.31. The van der Waals surface area contributed by atoms with Crippen LogP contribution in [0.4, 0.5) is 14.9 Å². The van der Waals surface area contributed by atoms with Crippen molar-refractivity contribution in [2.45, 2.75) is 17.0 Å². The molecule has 1 aliphatic heterocycles. The Morgan fingerprint density at radius 2 is 2.00 bits per heavy atom. The molecule has 0 saturated carbocycles. The Morgan fingerprint density at radius 1 is 1.40 bits per heavy atom. The van der Waals surface area contributed by atoms with Gasteiger partial charge < -0.3 is 10.1 Å². The predicted octanol–water partition coefficient (Wildman–Crippen LogP) is 3.49. The zero-order chi connectivity index (χ0) is 14.9. The minimum Gasteiger partial charge on any atom is -0.497 e. The number of hydrogen-bond donors (Lipinski definition) is 1. The Morgan fingerprint density at radius 3 is 2.50 bits per heavy atom. The molecule has 9 heteroatoms. The number of nitrogens with one attached hydrogen (secondary N) is 1. The molecule has 1 unspecified atom stereocenters. The van der Waals surface area contributed by atoms with E-state index >= 15 is 0 Å². The minimum atomic E-state index is -2.54. The molecule has 5 nitrogen and oxygen atoms in total. The number of hydrazine groups is 1. The van der Waals surface area contributed by atoms with Gasteiger partial charge in [-0.1, -0.05) is 23.2 Å². The van der Waals surface area contributed by atoms with Gasteiger partial charge in [-0.2, -0.15) is 4.39 Å². The average Bonchev–Trinajstić information content (AvgIpc) is 2.62. The third-order valence-corrected chi connectivity index (χ3v) is 3.85. The number of rotatable bonds is 4. The summed E-state index contributed by atoms with van der Waals surface area (Å²) in [6.07, 6.45) is -0.456. The molecule has 0 radical (unpaired) electrons. The van der Waals surface area contributed by atoms with Crippen molar-refractivity contribution in [3.05, 3.63) is 24.3 Å². The van der Waals surface area contributed by atoms with E-state index < -0.39 is 16.1 Å². The largest absolute Gasteiger partial charge is 0.497 e. The smallest absolute Gasteiger partial charge is 0.338 e. The monoisotopic (exact) mass is 339 g/mol. The highest BCUT2D eigenvalue weighted by molar-refractivity contribution is 8.00. The molecule has 0 aromatic heterocycles. The van der Waals surface area contributed by atoms with E-state index in [0.29, 0.717) is 23.4 Å². The van der Waals surface area contributed by atoms with E-state index in [1.165, 1.54) is 9.42 Å². The van der Waals surface area contributed by atoms with Gasteiger partial charge in [-0.05, 0) is 31.2 Å². The highest BCUT2D eigenvalue weighted by Gasteiger charge is 2.41. The van der Waals surface area contributed by atoms with Crippen LogP contribution in [0.3, 0.4) is 0 Å². The molecule has 1 aromatic carbocycles. The third kappa shape index (κ3) is 3.41. The van der Waals surface area contributed by atoms with Crippen LogP contribution < -0.4 is 15.1 Å². The van der Waals surface area contributed by atoms with Crippen molar-refractivity contribution in [2.75, 3.05) is 12.1 Å². The minimum absolute atomic E-state index is 0.396. The molecule has 0 aliphatic carbocycles. The molecule has 1 aliphatic rings. The summed E-state index contributed by atoms with van der Waals surface area (Å²) in [5.74, 6) is 0.648. The van der Waals surface area contributed by atoms with Crippen molar-refractivity contribution in [1.82, 2.24) is 9.73 Å². The normalized spacial score (nSPS) is 20.1. The molecule has 0 spiro atoms. The van der Waals surface area contributed by atoms with Crippen molar-refractivity contribution in [2.24, 2.45) is 0 Å². The van der Waals surface area contributed by atoms with Crippen LogP contribution in [0.1, 0.15) is 6.92 Å². The zero-order valence-corrected chi connectivity index (χ0v) is 13.0. The quantitative estimate of drug-likeness (QED) is 0.673. The summed E-state index contributed by atoms with van der Waals surface area (Å²) in [5, 5.41) is 3.90. The fourth-order valence-electron chi connectivity index (χ4n) is 1.74. The number of hydrogen-bond acceptors (Lipinski definition) is 4. The van der Waals surface area contributed by atoms with Crippen LogP contribution in [0, 0.1) is 0 Å². The van der Waals surface area contributed by atoms with E-state index in [-0.39, 0.29) is 0 Å². The number of ether oxygens (including phenoxy) is 1. The van der Waals surface area contributed by atoms with Crippen molar-refractivity contribution in [3.8, 4) is 5.75 Å². The van der Waals surface area contributed by atoms with E-state index in [9.17, 15) is 9.18 Å². The first-order valence-electron chi connectivity index (χ1n) is 5.61. The molecule has 1 aromatic rings. The summed E-state index contributed by atoms with van der Waals surface area (Å²) >= 11 is 11.2. The van der Waals surface area contributed by atoms with Gasteiger partial charge in [0, 0.05) is 11.9 Å². The third-order valence-electron chi connectivity index (χ3n) is 2.57. The van der Waals surface area contributed by atoms with Crippen LogP contribution >= 0.6 is 35.1 Å². The number of urea groups is 1. The van der Waals surface area contributed by atoms with Crippen LogP contribution in [-0.4, -0.2) is 27.6 Å². The van der Waals surface area contributed by atoms with Crippen LogP contribution in [0.5, 0.6) is 5.75 Å². The summed E-state index contributed by atoms with van der Waals surface area (Å²) in [4.78, 5) is 12.0. The first kappa shape index (κ1) is 15.5. The molecular formula is C11H12Cl2FN3O2S. The molecule has 2 rings (SSSR count). The molecule has 110 valence electrons. The van der Waals surface area contributed by atoms with E-state index in [4.69, 9.17) is 27.9 Å². The van der Waals surface area contributed by atoms with Crippen LogP contribution in [0.2, 0.25) is 0 Å². The molecule has 2 amide bonds. The summed E-state index contributed by atoms with van der Waals surface area (Å²) in [6.45, 7) is 1.69. The molecule has 1 heterocycles. The number of methoxy groups -OCH3 is 1. The lowest BCUT2D eigenvalue weighted by Crippen LogP contribution is -2.38. The van der Waals surface area contributed by atoms with Crippen molar-refractivity contribution in [3.63, 3.8) is 0 Å². The summed E-state index contributed by atoms with van der Waals surface area (Å²) in [7, 11) is 1.54. The van der Waals surface area contributed by atoms with Gasteiger partial charge in [-0.15, -0.1) is 4.41 Å². The lowest BCUT2D eigenvalue weighted by molar-refractivity contribution is 0.250. The summed E-state index contributed by atoms with van der Waals surface area (Å²) in [5.41, 5.74) is 0.540. The van der Waals surface area contributed by atoms with Crippen LogP contribution in [-0.2, 0) is 0 Å². The number of benzene rings is 1. The maximum absolute atomic E-state index is 13.4. The number of amides is 2. The maximum Gasteiger partial charge on any atom is 0.338 e. The van der Waals surface area contributed by atoms with Gasteiger partial charge in [-0.25, -0.2) is 9.80 Å². The highest BCUT2D eigenvalue weighted by Crippen LogP contribution is 2.42. The Bertz CT molecular complexity index is 497. The van der Waals surface area contributed by atoms with Gasteiger partial charge in [0.2, 0.25) is 0 Å². The van der Waals surface area contributed by atoms with Crippen LogP contribution in [0.25, 0.3) is 0 Å². The van der Waals surface area contributed by atoms with Gasteiger partial charge in [0.1, 0.15) is 11.9 Å². The van der Waals surface area contributed by atoms with E-state index in [1.807, 2.05) is 0 Å². The standard InChI is InChI=1S/C11H12Cl2FN3O2S/c1-7-15-10(18)16(17(7)20-11(12,13)14)8-3-5-9(19-2)6-4-8/h3-7H,1-2H3,(H,15,18). The second kappa shape index (κ2) is 5.85. The Labute approximate surface area is 130 Å².